The van der Waals surface area contributed by atoms with Gasteiger partial charge in [-0.1, -0.05) is 21.1 Å². The Hall–Kier alpha value is -1.43. The average molecular weight is 288 g/mol. The summed E-state index contributed by atoms with van der Waals surface area (Å²) in [5, 5.41) is 14.6. The van der Waals surface area contributed by atoms with E-state index < -0.39 is 0 Å². The molecule has 0 aliphatic heterocycles. The molecule has 88 valence electrons. The molecule has 0 aromatic heterocycles. The van der Waals surface area contributed by atoms with Crippen LogP contribution < -0.4 is 15.8 Å². The third-order valence-corrected chi connectivity index (χ3v) is 2.59. The first-order chi connectivity index (χ1) is 7.58. The van der Waals surface area contributed by atoms with Crippen LogP contribution in [-0.2, 0) is 0 Å². The quantitative estimate of drug-likeness (QED) is 0.343. The Bertz CT molecular complexity index is 396. The maximum absolute atomic E-state index is 8.55. The lowest BCUT2D eigenvalue weighted by Gasteiger charge is -2.16. The zero-order valence-corrected chi connectivity index (χ0v) is 10.7. The van der Waals surface area contributed by atoms with Crippen LogP contribution in [0.1, 0.15) is 6.92 Å². The van der Waals surface area contributed by atoms with Gasteiger partial charge in [-0.2, -0.15) is 0 Å². The highest BCUT2D eigenvalue weighted by molar-refractivity contribution is 9.10. The van der Waals surface area contributed by atoms with Crippen molar-refractivity contribution in [1.82, 2.24) is 0 Å². The Labute approximate surface area is 102 Å². The molecule has 5 nitrogen and oxygen atoms in total. The fourth-order valence-electron chi connectivity index (χ4n) is 1.19. The van der Waals surface area contributed by atoms with E-state index in [1.54, 1.807) is 14.0 Å². The summed E-state index contributed by atoms with van der Waals surface area (Å²) in [5.74, 6) is 0.808. The summed E-state index contributed by atoms with van der Waals surface area (Å²) >= 11 is 3.36. The molecule has 1 rings (SSSR count). The van der Waals surface area contributed by atoms with E-state index in [-0.39, 0.29) is 11.9 Å². The van der Waals surface area contributed by atoms with Crippen molar-refractivity contribution >= 4 is 27.5 Å². The number of rotatable bonds is 4. The van der Waals surface area contributed by atoms with Crippen LogP contribution in [0.5, 0.6) is 5.75 Å². The van der Waals surface area contributed by atoms with Gasteiger partial charge in [0.05, 0.1) is 18.8 Å². The van der Waals surface area contributed by atoms with Gasteiger partial charge in [0.15, 0.2) is 5.84 Å². The third-order valence-electron chi connectivity index (χ3n) is 2.09. The van der Waals surface area contributed by atoms with Crippen LogP contribution in [0.25, 0.3) is 0 Å². The maximum Gasteiger partial charge on any atom is 0.161 e. The molecular weight excluding hydrogens is 274 g/mol. The first-order valence-electron chi connectivity index (χ1n) is 4.66. The Balaban J connectivity index is 2.91. The van der Waals surface area contributed by atoms with E-state index in [0.717, 1.165) is 10.2 Å². The molecule has 1 aromatic rings. The van der Waals surface area contributed by atoms with Crippen LogP contribution in [0.15, 0.2) is 27.8 Å². The molecule has 0 radical (unpaired) electrons. The number of hydrogen-bond donors (Lipinski definition) is 3. The molecular formula is C10H14BrN3O2. The number of halogens is 1. The van der Waals surface area contributed by atoms with Crippen molar-refractivity contribution in [3.8, 4) is 5.75 Å². The summed E-state index contributed by atoms with van der Waals surface area (Å²) in [5.41, 5.74) is 6.25. The summed E-state index contributed by atoms with van der Waals surface area (Å²) in [4.78, 5) is 0. The van der Waals surface area contributed by atoms with E-state index in [1.165, 1.54) is 0 Å². The Kier molecular flexibility index (Phi) is 4.42. The van der Waals surface area contributed by atoms with E-state index >= 15 is 0 Å². The predicted octanol–water partition coefficient (Wildman–Crippen LogP) is 2.00. The van der Waals surface area contributed by atoms with E-state index in [1.807, 2.05) is 18.2 Å². The fourth-order valence-corrected chi connectivity index (χ4v) is 1.55. The van der Waals surface area contributed by atoms with Gasteiger partial charge in [-0.05, 0) is 25.1 Å². The lowest BCUT2D eigenvalue weighted by atomic mass is 10.2. The Morgan fingerprint density at radius 1 is 1.62 bits per heavy atom. The van der Waals surface area contributed by atoms with Gasteiger partial charge in [0.25, 0.3) is 0 Å². The highest BCUT2D eigenvalue weighted by Crippen LogP contribution is 2.28. The highest BCUT2D eigenvalue weighted by atomic mass is 79.9. The van der Waals surface area contributed by atoms with E-state index in [2.05, 4.69) is 26.4 Å². The van der Waals surface area contributed by atoms with Crippen molar-refractivity contribution in [3.05, 3.63) is 22.7 Å². The van der Waals surface area contributed by atoms with Gasteiger partial charge >= 0.3 is 0 Å². The molecule has 0 aliphatic carbocycles. The number of anilines is 1. The van der Waals surface area contributed by atoms with Crippen molar-refractivity contribution in [2.75, 3.05) is 12.4 Å². The Morgan fingerprint density at radius 2 is 2.31 bits per heavy atom. The maximum atomic E-state index is 8.55. The number of nitrogens with zero attached hydrogens (tertiary/aromatic N) is 1. The van der Waals surface area contributed by atoms with Gasteiger partial charge in [-0.3, -0.25) is 0 Å². The molecule has 0 heterocycles. The zero-order chi connectivity index (χ0) is 12.1. The van der Waals surface area contributed by atoms with Gasteiger partial charge in [0.1, 0.15) is 5.75 Å². The molecule has 0 bridgehead atoms. The molecule has 0 fully saturated rings. The fraction of sp³-hybridized carbons (Fsp3) is 0.300. The molecule has 1 unspecified atom stereocenters. The largest absolute Gasteiger partial charge is 0.495 e. The van der Waals surface area contributed by atoms with Crippen molar-refractivity contribution in [3.63, 3.8) is 0 Å². The number of amidine groups is 1. The zero-order valence-electron chi connectivity index (χ0n) is 9.07. The minimum absolute atomic E-state index is 0.113. The smallest absolute Gasteiger partial charge is 0.161 e. The van der Waals surface area contributed by atoms with Crippen molar-refractivity contribution < 1.29 is 9.94 Å². The van der Waals surface area contributed by atoms with Crippen LogP contribution >= 0.6 is 15.9 Å². The van der Waals surface area contributed by atoms with Crippen LogP contribution in [0.4, 0.5) is 5.69 Å². The van der Waals surface area contributed by atoms with Crippen LogP contribution in [0, 0.1) is 0 Å². The Morgan fingerprint density at radius 3 is 2.88 bits per heavy atom. The summed E-state index contributed by atoms with van der Waals surface area (Å²) < 4.78 is 6.11. The molecule has 1 aromatic carbocycles. The monoisotopic (exact) mass is 287 g/mol. The molecule has 0 amide bonds. The first-order valence-corrected chi connectivity index (χ1v) is 5.45. The molecule has 0 spiro atoms. The molecule has 0 saturated carbocycles. The van der Waals surface area contributed by atoms with Gasteiger partial charge in [0.2, 0.25) is 0 Å². The lowest BCUT2D eigenvalue weighted by Crippen LogP contribution is -2.33. The summed E-state index contributed by atoms with van der Waals surface area (Å²) in [6.45, 7) is 1.79. The van der Waals surface area contributed by atoms with Crippen molar-refractivity contribution in [2.45, 2.75) is 13.0 Å². The third kappa shape index (κ3) is 3.03. The number of ether oxygens (including phenoxy) is 1. The van der Waals surface area contributed by atoms with E-state index in [0.29, 0.717) is 5.75 Å². The molecule has 6 heteroatoms. The molecule has 16 heavy (non-hydrogen) atoms. The SMILES string of the molecule is COc1ccc(Br)cc1NC(C)C(N)=NO. The number of nitrogens with two attached hydrogens (primary N) is 1. The molecule has 1 atom stereocenters. The summed E-state index contributed by atoms with van der Waals surface area (Å²) in [6, 6.07) is 5.28. The minimum atomic E-state index is -0.284. The summed E-state index contributed by atoms with van der Waals surface area (Å²) in [7, 11) is 1.59. The number of hydrogen-bond acceptors (Lipinski definition) is 4. The van der Waals surface area contributed by atoms with Gasteiger partial charge < -0.3 is 21.0 Å². The number of methoxy groups -OCH3 is 1. The standard InChI is InChI=1S/C10H14BrN3O2/c1-6(10(12)14-15)13-8-5-7(11)3-4-9(8)16-2/h3-6,13,15H,1-2H3,(H2,12,14). The topological polar surface area (TPSA) is 79.9 Å². The van der Waals surface area contributed by atoms with Crippen molar-refractivity contribution in [1.29, 1.82) is 0 Å². The normalized spacial score (nSPS) is 13.3. The molecule has 4 N–H and O–H groups in total. The van der Waals surface area contributed by atoms with Crippen LogP contribution in [0.2, 0.25) is 0 Å². The number of benzene rings is 1. The van der Waals surface area contributed by atoms with Gasteiger partial charge in [-0.25, -0.2) is 0 Å². The lowest BCUT2D eigenvalue weighted by molar-refractivity contribution is 0.316. The highest BCUT2D eigenvalue weighted by Gasteiger charge is 2.10. The van der Waals surface area contributed by atoms with Crippen LogP contribution in [-0.4, -0.2) is 24.2 Å². The second-order valence-corrected chi connectivity index (χ2v) is 4.15. The van der Waals surface area contributed by atoms with Crippen LogP contribution in [0.3, 0.4) is 0 Å². The van der Waals surface area contributed by atoms with E-state index in [9.17, 15) is 0 Å². The second kappa shape index (κ2) is 5.60. The van der Waals surface area contributed by atoms with Gasteiger partial charge in [-0.15, -0.1) is 0 Å². The minimum Gasteiger partial charge on any atom is -0.495 e. The average Bonchev–Trinajstić information content (AvgIpc) is 2.28. The predicted molar refractivity (Wildman–Crippen MR) is 67.2 cm³/mol. The molecule has 0 saturated heterocycles. The summed E-state index contributed by atoms with van der Waals surface area (Å²) in [6.07, 6.45) is 0. The number of nitrogens with one attached hydrogen (secondary N) is 1. The van der Waals surface area contributed by atoms with Crippen molar-refractivity contribution in [2.24, 2.45) is 10.9 Å². The molecule has 0 aliphatic rings. The van der Waals surface area contributed by atoms with E-state index in [4.69, 9.17) is 15.7 Å². The number of oxime groups is 1. The first kappa shape index (κ1) is 12.6. The van der Waals surface area contributed by atoms with Gasteiger partial charge in [0, 0.05) is 4.47 Å². The second-order valence-electron chi connectivity index (χ2n) is 3.24.